The zero-order valence-corrected chi connectivity index (χ0v) is 7.96. The van der Waals surface area contributed by atoms with Gasteiger partial charge in [0.2, 0.25) is 0 Å². The molecule has 0 aliphatic carbocycles. The van der Waals surface area contributed by atoms with E-state index in [9.17, 15) is 0 Å². The topological polar surface area (TPSA) is 38.9 Å². The molecule has 1 aromatic rings. The Hall–Kier alpha value is -0.890. The van der Waals surface area contributed by atoms with Crippen LogP contribution in [0.15, 0.2) is 24.5 Å². The van der Waals surface area contributed by atoms with E-state index < -0.39 is 0 Å². The van der Waals surface area contributed by atoms with E-state index in [1.54, 1.807) is 12.4 Å². The summed E-state index contributed by atoms with van der Waals surface area (Å²) in [6.07, 6.45) is 6.12. The number of unbranched alkanes of at least 4 members (excludes halogenated alkanes) is 1. The summed E-state index contributed by atoms with van der Waals surface area (Å²) in [4.78, 5) is 3.84. The lowest BCUT2D eigenvalue weighted by Crippen LogP contribution is -1.94. The van der Waals surface area contributed by atoms with E-state index >= 15 is 0 Å². The lowest BCUT2D eigenvalue weighted by molar-refractivity contribution is 0.886. The van der Waals surface area contributed by atoms with Gasteiger partial charge in [-0.1, -0.05) is 26.7 Å². The van der Waals surface area contributed by atoms with Crippen molar-refractivity contribution in [1.29, 1.82) is 0 Å². The molecule has 2 nitrogen and oxygen atoms in total. The largest absolute Gasteiger partial charge is 0.326 e. The molecule has 2 heteroatoms. The van der Waals surface area contributed by atoms with Gasteiger partial charge >= 0.3 is 0 Å². The Morgan fingerprint density at radius 1 is 1.17 bits per heavy atom. The SMILES string of the molecule is CCCC.NCc1ccncc1. The molecule has 0 radical (unpaired) electrons. The first-order chi connectivity index (χ1) is 5.85. The molecule has 2 N–H and O–H groups in total. The average molecular weight is 166 g/mol. The maximum absolute atomic E-state index is 5.32. The Balaban J connectivity index is 0.000000261. The van der Waals surface area contributed by atoms with Gasteiger partial charge in [-0.15, -0.1) is 0 Å². The number of hydrogen-bond acceptors (Lipinski definition) is 2. The highest BCUT2D eigenvalue weighted by atomic mass is 14.6. The zero-order chi connectivity index (χ0) is 9.23. The van der Waals surface area contributed by atoms with E-state index in [1.165, 1.54) is 12.8 Å². The van der Waals surface area contributed by atoms with Gasteiger partial charge < -0.3 is 5.73 Å². The fourth-order valence-electron chi connectivity index (χ4n) is 0.519. The third-order valence-corrected chi connectivity index (χ3v) is 1.49. The van der Waals surface area contributed by atoms with Gasteiger partial charge in [-0.3, -0.25) is 4.98 Å². The summed E-state index contributed by atoms with van der Waals surface area (Å²) in [6, 6.07) is 3.81. The number of nitrogens with zero attached hydrogens (tertiary/aromatic N) is 1. The number of rotatable bonds is 2. The highest BCUT2D eigenvalue weighted by Gasteiger charge is 1.80. The summed E-state index contributed by atoms with van der Waals surface area (Å²) in [5, 5.41) is 0. The molecule has 0 aromatic carbocycles. The molecule has 0 atom stereocenters. The maximum Gasteiger partial charge on any atom is 0.0271 e. The number of pyridine rings is 1. The fourth-order valence-corrected chi connectivity index (χ4v) is 0.519. The van der Waals surface area contributed by atoms with Crippen molar-refractivity contribution in [3.63, 3.8) is 0 Å². The van der Waals surface area contributed by atoms with Crippen LogP contribution in [0.4, 0.5) is 0 Å². The van der Waals surface area contributed by atoms with Crippen LogP contribution in [0.1, 0.15) is 32.3 Å². The molecule has 0 unspecified atom stereocenters. The van der Waals surface area contributed by atoms with Gasteiger partial charge in [0.05, 0.1) is 0 Å². The van der Waals surface area contributed by atoms with Crippen molar-refractivity contribution in [2.24, 2.45) is 5.73 Å². The van der Waals surface area contributed by atoms with E-state index in [1.807, 2.05) is 12.1 Å². The van der Waals surface area contributed by atoms with E-state index in [2.05, 4.69) is 18.8 Å². The van der Waals surface area contributed by atoms with Crippen molar-refractivity contribution in [2.75, 3.05) is 0 Å². The molecule has 0 bridgehead atoms. The molecule has 0 saturated carbocycles. The minimum Gasteiger partial charge on any atom is -0.326 e. The first kappa shape index (κ1) is 11.1. The van der Waals surface area contributed by atoms with Crippen molar-refractivity contribution in [3.05, 3.63) is 30.1 Å². The molecule has 0 saturated heterocycles. The Kier molecular flexibility index (Phi) is 7.60. The van der Waals surface area contributed by atoms with E-state index in [-0.39, 0.29) is 0 Å². The quantitative estimate of drug-likeness (QED) is 0.732. The first-order valence-corrected chi connectivity index (χ1v) is 4.44. The summed E-state index contributed by atoms with van der Waals surface area (Å²) in [6.45, 7) is 4.96. The Morgan fingerprint density at radius 2 is 1.67 bits per heavy atom. The molecule has 1 aromatic heterocycles. The third-order valence-electron chi connectivity index (χ3n) is 1.49. The molecule has 12 heavy (non-hydrogen) atoms. The van der Waals surface area contributed by atoms with Gasteiger partial charge in [-0.25, -0.2) is 0 Å². The second kappa shape index (κ2) is 8.21. The van der Waals surface area contributed by atoms with Crippen LogP contribution in [0.3, 0.4) is 0 Å². The van der Waals surface area contributed by atoms with Crippen molar-refractivity contribution in [3.8, 4) is 0 Å². The summed E-state index contributed by atoms with van der Waals surface area (Å²) in [5.41, 5.74) is 6.45. The van der Waals surface area contributed by atoms with Crippen LogP contribution in [0.5, 0.6) is 0 Å². The summed E-state index contributed by atoms with van der Waals surface area (Å²) < 4.78 is 0. The van der Waals surface area contributed by atoms with Gasteiger partial charge in [-0.2, -0.15) is 0 Å². The highest BCUT2D eigenvalue weighted by molar-refractivity contribution is 5.08. The standard InChI is InChI=1S/C6H8N2.C4H10/c7-5-6-1-3-8-4-2-6;1-3-4-2/h1-4H,5,7H2;3-4H2,1-2H3. The Bertz CT molecular complexity index is 170. The maximum atomic E-state index is 5.32. The number of hydrogen-bond donors (Lipinski definition) is 1. The molecule has 0 amide bonds. The summed E-state index contributed by atoms with van der Waals surface area (Å²) >= 11 is 0. The molecule has 0 fully saturated rings. The van der Waals surface area contributed by atoms with E-state index in [4.69, 9.17) is 5.73 Å². The van der Waals surface area contributed by atoms with Crippen LogP contribution in [-0.2, 0) is 6.54 Å². The zero-order valence-electron chi connectivity index (χ0n) is 7.96. The second-order valence-electron chi connectivity index (χ2n) is 2.56. The molecule has 0 aliphatic heterocycles. The molecule has 0 spiro atoms. The summed E-state index contributed by atoms with van der Waals surface area (Å²) in [7, 11) is 0. The van der Waals surface area contributed by atoms with Crippen molar-refractivity contribution in [1.82, 2.24) is 4.98 Å². The average Bonchev–Trinajstić information content (AvgIpc) is 2.19. The van der Waals surface area contributed by atoms with E-state index in [0.29, 0.717) is 6.54 Å². The van der Waals surface area contributed by atoms with Crippen LogP contribution >= 0.6 is 0 Å². The third kappa shape index (κ3) is 5.86. The van der Waals surface area contributed by atoms with Gasteiger partial charge in [-0.05, 0) is 17.7 Å². The molecule has 68 valence electrons. The van der Waals surface area contributed by atoms with Crippen molar-refractivity contribution >= 4 is 0 Å². The predicted octanol–water partition coefficient (Wildman–Crippen LogP) is 2.35. The smallest absolute Gasteiger partial charge is 0.0271 e. The van der Waals surface area contributed by atoms with Crippen LogP contribution in [0.25, 0.3) is 0 Å². The van der Waals surface area contributed by atoms with Gasteiger partial charge in [0.15, 0.2) is 0 Å². The van der Waals surface area contributed by atoms with Crippen LogP contribution in [-0.4, -0.2) is 4.98 Å². The first-order valence-electron chi connectivity index (χ1n) is 4.44. The van der Waals surface area contributed by atoms with Crippen molar-refractivity contribution in [2.45, 2.75) is 33.2 Å². The van der Waals surface area contributed by atoms with Crippen LogP contribution in [0.2, 0.25) is 0 Å². The Labute approximate surface area is 74.8 Å². The monoisotopic (exact) mass is 166 g/mol. The lowest BCUT2D eigenvalue weighted by atomic mass is 10.3. The van der Waals surface area contributed by atoms with Crippen LogP contribution in [0, 0.1) is 0 Å². The molecule has 1 heterocycles. The fraction of sp³-hybridized carbons (Fsp3) is 0.500. The Morgan fingerprint density at radius 3 is 1.92 bits per heavy atom. The minimum atomic E-state index is 0.600. The predicted molar refractivity (Wildman–Crippen MR) is 52.7 cm³/mol. The number of aromatic nitrogens is 1. The number of nitrogens with two attached hydrogens (primary N) is 1. The normalized spacial score (nSPS) is 8.58. The summed E-state index contributed by atoms with van der Waals surface area (Å²) in [5.74, 6) is 0. The van der Waals surface area contributed by atoms with Crippen molar-refractivity contribution < 1.29 is 0 Å². The highest BCUT2D eigenvalue weighted by Crippen LogP contribution is 1.91. The molecular formula is C10H18N2. The molecule has 0 aliphatic rings. The molecule has 1 rings (SSSR count). The van der Waals surface area contributed by atoms with Gasteiger partial charge in [0.25, 0.3) is 0 Å². The second-order valence-corrected chi connectivity index (χ2v) is 2.56. The van der Waals surface area contributed by atoms with Crippen LogP contribution < -0.4 is 5.73 Å². The van der Waals surface area contributed by atoms with E-state index in [0.717, 1.165) is 5.56 Å². The van der Waals surface area contributed by atoms with Gasteiger partial charge in [0.1, 0.15) is 0 Å². The van der Waals surface area contributed by atoms with Gasteiger partial charge in [0, 0.05) is 18.9 Å². The molecular weight excluding hydrogens is 148 g/mol. The minimum absolute atomic E-state index is 0.600. The lowest BCUT2D eigenvalue weighted by Gasteiger charge is -1.89.